The van der Waals surface area contributed by atoms with Gasteiger partial charge in [-0.3, -0.25) is 19.2 Å². The molecule has 0 aromatic heterocycles. The van der Waals surface area contributed by atoms with Gasteiger partial charge in [-0.1, -0.05) is 23.7 Å². The molecule has 4 atom stereocenters. The average molecular weight is 573 g/mol. The fraction of sp³-hybridized carbons (Fsp3) is 0.625. The van der Waals surface area contributed by atoms with Gasteiger partial charge in [-0.15, -0.1) is 12.4 Å². The van der Waals surface area contributed by atoms with E-state index < -0.39 is 45.0 Å². The van der Waals surface area contributed by atoms with Crippen LogP contribution < -0.4 is 15.4 Å². The van der Waals surface area contributed by atoms with Crippen LogP contribution in [0.3, 0.4) is 0 Å². The van der Waals surface area contributed by atoms with Gasteiger partial charge in [0.05, 0.1) is 17.8 Å². The number of rotatable bonds is 7. The number of ether oxygens (including phenoxy) is 1. The molecule has 13 heteroatoms. The quantitative estimate of drug-likeness (QED) is 0.453. The number of carbonyl (C=O) groups is 3. The summed E-state index contributed by atoms with van der Waals surface area (Å²) in [7, 11) is -3.70. The molecule has 1 aromatic carbocycles. The van der Waals surface area contributed by atoms with E-state index in [4.69, 9.17) is 16.3 Å². The van der Waals surface area contributed by atoms with Gasteiger partial charge in [0.2, 0.25) is 15.9 Å². The zero-order valence-electron chi connectivity index (χ0n) is 20.1. The summed E-state index contributed by atoms with van der Waals surface area (Å²) in [6.07, 6.45) is 2.82. The molecular formula is C24H30Cl2N4O6S. The standard InChI is InChI=1S/C24H29ClN4O6S.ClH/c25-19-3-1-2-14-11-29(12-17(14)19)23(32)35-15-8-20(26-10-15)21(30)27-24(9-18(24)13-4-5-13)22(31)28-36(33,34)16-6-7-16;/h1-3,13,15-16,18,20,26H,4-12H2,(H,27,30)(H,28,31);1H/t15-,18+,20+,24-;/m1./s1. The van der Waals surface area contributed by atoms with Gasteiger partial charge in [0.25, 0.3) is 5.91 Å². The Morgan fingerprint density at radius 1 is 1.14 bits per heavy atom. The van der Waals surface area contributed by atoms with E-state index in [1.165, 1.54) is 0 Å². The third-order valence-electron chi connectivity index (χ3n) is 8.01. The minimum atomic E-state index is -3.70. The first-order valence-corrected chi connectivity index (χ1v) is 14.4. The second kappa shape index (κ2) is 9.59. The molecule has 3 saturated carbocycles. The molecule has 6 rings (SSSR count). The summed E-state index contributed by atoms with van der Waals surface area (Å²) in [5.74, 6) is -0.721. The molecule has 3 N–H and O–H groups in total. The van der Waals surface area contributed by atoms with Crippen molar-refractivity contribution < 1.29 is 27.5 Å². The molecule has 10 nitrogen and oxygen atoms in total. The molecular weight excluding hydrogens is 543 g/mol. The number of nitrogens with one attached hydrogen (secondary N) is 3. The second-order valence-electron chi connectivity index (χ2n) is 10.7. The lowest BCUT2D eigenvalue weighted by Crippen LogP contribution is -2.55. The molecule has 2 aliphatic heterocycles. The number of halogens is 2. The SMILES string of the molecule is Cl.O=C(N[C@]1(C(=O)NS(=O)(=O)C2CC2)C[C@H]1C1CC1)[C@@H]1C[C@@H](OC(=O)N2Cc3cccc(Cl)c3C2)CN1. The number of nitrogens with zero attached hydrogens (tertiary/aromatic N) is 1. The van der Waals surface area contributed by atoms with Crippen molar-refractivity contribution in [1.29, 1.82) is 0 Å². The number of sulfonamides is 1. The van der Waals surface area contributed by atoms with Gasteiger partial charge in [-0.25, -0.2) is 13.2 Å². The van der Waals surface area contributed by atoms with Crippen LogP contribution >= 0.6 is 24.0 Å². The van der Waals surface area contributed by atoms with E-state index in [1.807, 2.05) is 12.1 Å². The van der Waals surface area contributed by atoms with Crippen LogP contribution in [0.25, 0.3) is 0 Å². The van der Waals surface area contributed by atoms with E-state index in [1.54, 1.807) is 11.0 Å². The summed E-state index contributed by atoms with van der Waals surface area (Å²) >= 11 is 6.24. The molecule has 4 fully saturated rings. The van der Waals surface area contributed by atoms with Gasteiger partial charge < -0.3 is 15.4 Å². The summed E-state index contributed by atoms with van der Waals surface area (Å²) in [5.41, 5.74) is 0.722. The largest absolute Gasteiger partial charge is 0.445 e. The van der Waals surface area contributed by atoms with Crippen molar-refractivity contribution in [1.82, 2.24) is 20.3 Å². The molecule has 1 aromatic rings. The van der Waals surface area contributed by atoms with Crippen LogP contribution in [-0.4, -0.2) is 60.7 Å². The fourth-order valence-corrected chi connectivity index (χ4v) is 7.14. The van der Waals surface area contributed by atoms with E-state index in [2.05, 4.69) is 15.4 Å². The molecule has 3 aliphatic carbocycles. The summed E-state index contributed by atoms with van der Waals surface area (Å²) < 4.78 is 32.6. The Bertz CT molecular complexity index is 1240. The lowest BCUT2D eigenvalue weighted by molar-refractivity contribution is -0.130. The first-order chi connectivity index (χ1) is 17.2. The maximum atomic E-state index is 13.1. The maximum Gasteiger partial charge on any atom is 0.410 e. The Morgan fingerprint density at radius 3 is 2.57 bits per heavy atom. The van der Waals surface area contributed by atoms with Crippen molar-refractivity contribution in [2.75, 3.05) is 6.54 Å². The number of carbonyl (C=O) groups excluding carboxylic acids is 3. The first kappa shape index (κ1) is 26.5. The van der Waals surface area contributed by atoms with Gasteiger partial charge in [0.15, 0.2) is 0 Å². The molecule has 37 heavy (non-hydrogen) atoms. The number of hydrogen-bond donors (Lipinski definition) is 3. The number of amides is 3. The van der Waals surface area contributed by atoms with E-state index in [0.717, 1.165) is 24.0 Å². The van der Waals surface area contributed by atoms with Gasteiger partial charge in [0, 0.05) is 24.5 Å². The van der Waals surface area contributed by atoms with Crippen LogP contribution in [0.4, 0.5) is 4.79 Å². The van der Waals surface area contributed by atoms with Crippen LogP contribution in [-0.2, 0) is 37.4 Å². The minimum Gasteiger partial charge on any atom is -0.445 e. The summed E-state index contributed by atoms with van der Waals surface area (Å²) in [6, 6.07) is 4.93. The highest BCUT2D eigenvalue weighted by molar-refractivity contribution is 7.91. The predicted molar refractivity (Wildman–Crippen MR) is 136 cm³/mol. The summed E-state index contributed by atoms with van der Waals surface area (Å²) in [6.45, 7) is 1.11. The van der Waals surface area contributed by atoms with Crippen LogP contribution in [0, 0.1) is 11.8 Å². The lowest BCUT2D eigenvalue weighted by atomic mass is 10.1. The predicted octanol–water partition coefficient (Wildman–Crippen LogP) is 1.84. The number of benzene rings is 1. The normalized spacial score (nSPS) is 30.2. The van der Waals surface area contributed by atoms with Gasteiger partial charge >= 0.3 is 6.09 Å². The highest BCUT2D eigenvalue weighted by Gasteiger charge is 2.66. The van der Waals surface area contributed by atoms with Crippen LogP contribution in [0.1, 0.15) is 49.7 Å². The molecule has 3 amide bonds. The molecule has 1 saturated heterocycles. The van der Waals surface area contributed by atoms with Crippen molar-refractivity contribution in [3.8, 4) is 0 Å². The Kier molecular flexibility index (Phi) is 6.87. The Labute approximate surface area is 226 Å². The fourth-order valence-electron chi connectivity index (χ4n) is 5.53. The molecule has 0 radical (unpaired) electrons. The summed E-state index contributed by atoms with van der Waals surface area (Å²) in [5, 5.41) is 6.05. The Hall–Kier alpha value is -2.08. The lowest BCUT2D eigenvalue weighted by Gasteiger charge is -2.22. The molecule has 0 unspecified atom stereocenters. The topological polar surface area (TPSA) is 134 Å². The van der Waals surface area contributed by atoms with Gasteiger partial charge in [0.1, 0.15) is 11.6 Å². The smallest absolute Gasteiger partial charge is 0.410 e. The zero-order chi connectivity index (χ0) is 25.2. The van der Waals surface area contributed by atoms with Crippen LogP contribution in [0.5, 0.6) is 0 Å². The highest BCUT2D eigenvalue weighted by atomic mass is 35.5. The monoisotopic (exact) mass is 572 g/mol. The van der Waals surface area contributed by atoms with Crippen molar-refractivity contribution in [3.05, 3.63) is 34.3 Å². The highest BCUT2D eigenvalue weighted by Crippen LogP contribution is 2.57. The van der Waals surface area contributed by atoms with Crippen molar-refractivity contribution in [3.63, 3.8) is 0 Å². The third kappa shape index (κ3) is 5.15. The molecule has 0 spiro atoms. The van der Waals surface area contributed by atoms with E-state index in [0.29, 0.717) is 49.8 Å². The van der Waals surface area contributed by atoms with Crippen LogP contribution in [0.2, 0.25) is 5.02 Å². The zero-order valence-corrected chi connectivity index (χ0v) is 22.5. The van der Waals surface area contributed by atoms with E-state index in [9.17, 15) is 22.8 Å². The maximum absolute atomic E-state index is 13.1. The van der Waals surface area contributed by atoms with Crippen molar-refractivity contribution in [2.24, 2.45) is 11.8 Å². The van der Waals surface area contributed by atoms with Crippen LogP contribution in [0.15, 0.2) is 18.2 Å². The number of fused-ring (bicyclic) bond motifs is 1. The van der Waals surface area contributed by atoms with Gasteiger partial charge in [-0.2, -0.15) is 0 Å². The Morgan fingerprint density at radius 2 is 1.89 bits per heavy atom. The molecule has 202 valence electrons. The Balaban J connectivity index is 0.00000280. The van der Waals surface area contributed by atoms with Crippen molar-refractivity contribution in [2.45, 2.75) is 74.5 Å². The third-order valence-corrected chi connectivity index (χ3v) is 10.2. The van der Waals surface area contributed by atoms with E-state index in [-0.39, 0.29) is 30.7 Å². The minimum absolute atomic E-state index is 0. The van der Waals surface area contributed by atoms with Gasteiger partial charge in [-0.05, 0) is 61.1 Å². The van der Waals surface area contributed by atoms with Crippen molar-refractivity contribution >= 4 is 51.9 Å². The molecule has 0 bridgehead atoms. The number of hydrogen-bond acceptors (Lipinski definition) is 7. The second-order valence-corrected chi connectivity index (χ2v) is 13.1. The summed E-state index contributed by atoms with van der Waals surface area (Å²) in [4.78, 5) is 40.4. The first-order valence-electron chi connectivity index (χ1n) is 12.5. The van der Waals surface area contributed by atoms with E-state index >= 15 is 0 Å². The average Bonchev–Trinajstić information content (AvgIpc) is 3.73. The molecule has 5 aliphatic rings. The molecule has 2 heterocycles.